The van der Waals surface area contributed by atoms with Gasteiger partial charge in [-0.1, -0.05) is 36.9 Å². The van der Waals surface area contributed by atoms with E-state index in [9.17, 15) is 5.11 Å². The van der Waals surface area contributed by atoms with Crippen LogP contribution in [0.2, 0.25) is 0 Å². The molecule has 1 aliphatic carbocycles. The van der Waals surface area contributed by atoms with Crippen LogP contribution >= 0.6 is 0 Å². The van der Waals surface area contributed by atoms with Gasteiger partial charge in [0, 0.05) is 0 Å². The normalized spacial score (nSPS) is 20.4. The van der Waals surface area contributed by atoms with Gasteiger partial charge in [-0.15, -0.1) is 0 Å². The van der Waals surface area contributed by atoms with Crippen molar-refractivity contribution in [1.29, 1.82) is 0 Å². The number of aliphatic hydroxyl groups is 1. The Labute approximate surface area is 78.0 Å². The molecule has 0 spiro atoms. The van der Waals surface area contributed by atoms with Crippen molar-refractivity contribution in [3.8, 4) is 0 Å². The first-order chi connectivity index (χ1) is 6.31. The minimum absolute atomic E-state index is 0.460. The predicted molar refractivity (Wildman–Crippen MR) is 53.4 cm³/mol. The second-order valence-corrected chi connectivity index (χ2v) is 3.27. The van der Waals surface area contributed by atoms with Crippen molar-refractivity contribution in [1.82, 2.24) is 0 Å². The number of hydrogen-bond acceptors (Lipinski definition) is 1. The van der Waals surface area contributed by atoms with Crippen LogP contribution in [0.3, 0.4) is 0 Å². The Hall–Kier alpha value is -1.34. The van der Waals surface area contributed by atoms with E-state index in [1.54, 1.807) is 6.08 Å². The summed E-state index contributed by atoms with van der Waals surface area (Å²) >= 11 is 0. The lowest BCUT2D eigenvalue weighted by molar-refractivity contribution is 0.224. The molecule has 2 rings (SSSR count). The van der Waals surface area contributed by atoms with Crippen LogP contribution in [-0.4, -0.2) is 5.11 Å². The summed E-state index contributed by atoms with van der Waals surface area (Å²) in [4.78, 5) is 0. The molecule has 66 valence electrons. The van der Waals surface area contributed by atoms with E-state index in [2.05, 4.69) is 12.6 Å². The van der Waals surface area contributed by atoms with Crippen molar-refractivity contribution < 1.29 is 5.11 Å². The number of rotatable bonds is 1. The van der Waals surface area contributed by atoms with E-state index in [0.717, 1.165) is 17.6 Å². The van der Waals surface area contributed by atoms with Crippen molar-refractivity contribution in [3.63, 3.8) is 0 Å². The van der Waals surface area contributed by atoms with Gasteiger partial charge in [0.2, 0.25) is 0 Å². The summed E-state index contributed by atoms with van der Waals surface area (Å²) in [5.74, 6) is 0. The van der Waals surface area contributed by atoms with Crippen LogP contribution in [0.1, 0.15) is 17.2 Å². The maximum absolute atomic E-state index is 9.74. The Kier molecular flexibility index (Phi) is 2.03. The van der Waals surface area contributed by atoms with Crippen molar-refractivity contribution in [2.45, 2.75) is 12.5 Å². The van der Waals surface area contributed by atoms with Crippen molar-refractivity contribution in [2.75, 3.05) is 0 Å². The van der Waals surface area contributed by atoms with E-state index >= 15 is 0 Å². The Bertz CT molecular complexity index is 363. The van der Waals surface area contributed by atoms with E-state index in [0.29, 0.717) is 0 Å². The predicted octanol–water partition coefficient (Wildman–Crippen LogP) is 2.39. The van der Waals surface area contributed by atoms with Crippen LogP contribution in [0.15, 0.2) is 48.6 Å². The van der Waals surface area contributed by atoms with Gasteiger partial charge in [-0.05, 0) is 29.2 Å². The summed E-state index contributed by atoms with van der Waals surface area (Å²) in [6.07, 6.45) is 4.09. The summed E-state index contributed by atoms with van der Waals surface area (Å²) in [5.41, 5.74) is 3.33. The Morgan fingerprint density at radius 2 is 2.15 bits per heavy atom. The first-order valence-electron chi connectivity index (χ1n) is 4.40. The molecular formula is C12H12O. The molecule has 1 nitrogen and oxygen atoms in total. The zero-order valence-electron chi connectivity index (χ0n) is 7.40. The fraction of sp³-hybridized carbons (Fsp3) is 0.167. The molecule has 0 amide bonds. The second kappa shape index (κ2) is 3.19. The van der Waals surface area contributed by atoms with Crippen LogP contribution in [0.5, 0.6) is 0 Å². The first-order valence-corrected chi connectivity index (χ1v) is 4.40. The van der Waals surface area contributed by atoms with Crippen molar-refractivity contribution in [3.05, 3.63) is 59.7 Å². The number of fused-ring (bicyclic) bond motifs is 1. The maximum Gasteiger partial charge on any atom is 0.0980 e. The lowest BCUT2D eigenvalue weighted by Crippen LogP contribution is -2.06. The molecule has 13 heavy (non-hydrogen) atoms. The molecule has 0 saturated heterocycles. The lowest BCUT2D eigenvalue weighted by Gasteiger charge is -2.19. The quantitative estimate of drug-likeness (QED) is 0.689. The topological polar surface area (TPSA) is 20.2 Å². The first kappa shape index (κ1) is 8.27. The molecule has 0 aromatic heterocycles. The maximum atomic E-state index is 9.74. The number of allylic oxidation sites excluding steroid dienone is 2. The minimum Gasteiger partial charge on any atom is -0.384 e. The van der Waals surface area contributed by atoms with Gasteiger partial charge < -0.3 is 5.11 Å². The summed E-state index contributed by atoms with van der Waals surface area (Å²) in [5, 5.41) is 9.74. The number of hydrogen-bond donors (Lipinski definition) is 1. The van der Waals surface area contributed by atoms with Crippen LogP contribution in [0, 0.1) is 0 Å². The third-order valence-corrected chi connectivity index (χ3v) is 2.40. The van der Waals surface area contributed by atoms with Crippen molar-refractivity contribution in [2.24, 2.45) is 0 Å². The molecule has 0 heterocycles. The highest BCUT2D eigenvalue weighted by Crippen LogP contribution is 2.28. The zero-order chi connectivity index (χ0) is 9.26. The largest absolute Gasteiger partial charge is 0.384 e. The minimum atomic E-state index is -0.460. The molecule has 1 atom stereocenters. The molecule has 0 saturated carbocycles. The molecule has 0 bridgehead atoms. The number of benzene rings is 1. The number of aliphatic hydroxyl groups excluding tert-OH is 1. The van der Waals surface area contributed by atoms with Crippen molar-refractivity contribution >= 4 is 0 Å². The van der Waals surface area contributed by atoms with Crippen LogP contribution < -0.4 is 0 Å². The van der Waals surface area contributed by atoms with E-state index in [4.69, 9.17) is 0 Å². The molecule has 1 aromatic rings. The zero-order valence-corrected chi connectivity index (χ0v) is 7.40. The van der Waals surface area contributed by atoms with E-state index < -0.39 is 6.10 Å². The van der Waals surface area contributed by atoms with Gasteiger partial charge in [0.1, 0.15) is 0 Å². The highest BCUT2D eigenvalue weighted by molar-refractivity contribution is 5.41. The van der Waals surface area contributed by atoms with E-state index in [1.165, 1.54) is 5.56 Å². The molecule has 1 aromatic carbocycles. The highest BCUT2D eigenvalue weighted by Gasteiger charge is 2.15. The second-order valence-electron chi connectivity index (χ2n) is 3.27. The summed E-state index contributed by atoms with van der Waals surface area (Å²) in [7, 11) is 0. The van der Waals surface area contributed by atoms with E-state index in [1.807, 2.05) is 24.3 Å². The molecule has 0 radical (unpaired) electrons. The molecule has 1 unspecified atom stereocenters. The van der Waals surface area contributed by atoms with Gasteiger partial charge in [-0.25, -0.2) is 0 Å². The van der Waals surface area contributed by atoms with Gasteiger partial charge in [-0.2, -0.15) is 0 Å². The lowest BCUT2D eigenvalue weighted by atomic mass is 9.90. The Morgan fingerprint density at radius 1 is 1.38 bits per heavy atom. The molecule has 0 fully saturated rings. The standard InChI is InChI=1S/C12H12O/c1-2-9-7-10-5-3-4-6-11(10)12(13)8-9/h2-6,8,12-13H,1,7H2. The Balaban J connectivity index is 2.45. The van der Waals surface area contributed by atoms with Gasteiger partial charge in [0.05, 0.1) is 6.10 Å². The third kappa shape index (κ3) is 1.43. The average molecular weight is 172 g/mol. The Morgan fingerprint density at radius 3 is 2.92 bits per heavy atom. The molecular weight excluding hydrogens is 160 g/mol. The molecule has 0 aliphatic heterocycles. The van der Waals surface area contributed by atoms with Gasteiger partial charge >= 0.3 is 0 Å². The molecule has 1 aliphatic rings. The van der Waals surface area contributed by atoms with E-state index in [-0.39, 0.29) is 0 Å². The van der Waals surface area contributed by atoms with Gasteiger partial charge in [0.25, 0.3) is 0 Å². The average Bonchev–Trinajstić information content (AvgIpc) is 2.18. The molecule has 1 heteroatoms. The SMILES string of the molecule is C=CC1=CC(O)c2ccccc2C1. The van der Waals surface area contributed by atoms with Gasteiger partial charge in [-0.3, -0.25) is 0 Å². The summed E-state index contributed by atoms with van der Waals surface area (Å²) < 4.78 is 0. The van der Waals surface area contributed by atoms with Crippen LogP contribution in [-0.2, 0) is 6.42 Å². The summed E-state index contributed by atoms with van der Waals surface area (Å²) in [6, 6.07) is 7.97. The van der Waals surface area contributed by atoms with Crippen LogP contribution in [0.4, 0.5) is 0 Å². The smallest absolute Gasteiger partial charge is 0.0980 e. The van der Waals surface area contributed by atoms with Gasteiger partial charge in [0.15, 0.2) is 0 Å². The monoisotopic (exact) mass is 172 g/mol. The summed E-state index contributed by atoms with van der Waals surface area (Å²) in [6.45, 7) is 3.71. The van der Waals surface area contributed by atoms with Crippen LogP contribution in [0.25, 0.3) is 0 Å². The molecule has 1 N–H and O–H groups in total. The highest BCUT2D eigenvalue weighted by atomic mass is 16.3. The fourth-order valence-corrected chi connectivity index (χ4v) is 1.70. The fourth-order valence-electron chi connectivity index (χ4n) is 1.70. The third-order valence-electron chi connectivity index (χ3n) is 2.40.